The van der Waals surface area contributed by atoms with Gasteiger partial charge in [-0.3, -0.25) is 4.79 Å². The number of hydrogen-bond acceptors (Lipinski definition) is 4. The molecule has 3 rings (SSSR count). The molecular formula is C16H24O4. The van der Waals surface area contributed by atoms with E-state index in [9.17, 15) is 4.79 Å². The summed E-state index contributed by atoms with van der Waals surface area (Å²) in [5.74, 6) is -1.48. The van der Waals surface area contributed by atoms with E-state index in [2.05, 4.69) is 6.08 Å². The molecule has 2 aliphatic heterocycles. The summed E-state index contributed by atoms with van der Waals surface area (Å²) < 4.78 is 41.3. The second-order valence-corrected chi connectivity index (χ2v) is 6.35. The highest BCUT2D eigenvalue weighted by Crippen LogP contribution is 2.58. The van der Waals surface area contributed by atoms with Crippen molar-refractivity contribution in [1.82, 2.24) is 0 Å². The van der Waals surface area contributed by atoms with Gasteiger partial charge in [0.2, 0.25) is 0 Å². The minimum absolute atomic E-state index is 0.0399. The fourth-order valence-corrected chi connectivity index (χ4v) is 3.29. The van der Waals surface area contributed by atoms with Gasteiger partial charge in [0, 0.05) is 16.2 Å². The van der Waals surface area contributed by atoms with Gasteiger partial charge in [0.15, 0.2) is 5.78 Å². The average Bonchev–Trinajstić information content (AvgIpc) is 3.33. The normalized spacial score (nSPS) is 54.8. The summed E-state index contributed by atoms with van der Waals surface area (Å²) in [7, 11) is 1.28. The Balaban J connectivity index is 1.94. The molecule has 0 bridgehead atoms. The lowest BCUT2D eigenvalue weighted by atomic mass is 9.69. The quantitative estimate of drug-likeness (QED) is 0.586. The standard InChI is InChI=1S/C16H24O4/c1-10(2)5-6-12-15(3,20-12)14-13(18-4)11(17)7-8-16(14)9-19-16/h5,12-14H,6-9H2,1-4H3/t12-,13-,14-,15?,16+/m1/s1/i7D2,13D. The third-order valence-corrected chi connectivity index (χ3v) is 4.59. The minimum atomic E-state index is -2.12. The number of epoxide rings is 2. The second-order valence-electron chi connectivity index (χ2n) is 6.35. The molecule has 1 saturated carbocycles. The minimum Gasteiger partial charge on any atom is -0.373 e. The number of Topliss-reactive ketones (excluding diaryl/α,β-unsaturated/α-hetero) is 1. The monoisotopic (exact) mass is 283 g/mol. The van der Waals surface area contributed by atoms with E-state index in [-0.39, 0.29) is 12.5 Å². The van der Waals surface area contributed by atoms with Crippen LogP contribution in [0.5, 0.6) is 0 Å². The molecule has 3 aliphatic rings. The number of hydrogen-bond donors (Lipinski definition) is 0. The van der Waals surface area contributed by atoms with E-state index >= 15 is 0 Å². The molecule has 3 fully saturated rings. The van der Waals surface area contributed by atoms with Crippen LogP contribution in [0.15, 0.2) is 11.6 Å². The van der Waals surface area contributed by atoms with Crippen LogP contribution in [0.4, 0.5) is 0 Å². The molecule has 0 aromatic heterocycles. The van der Waals surface area contributed by atoms with E-state index in [1.165, 1.54) is 12.7 Å². The molecule has 2 saturated heterocycles. The predicted octanol–water partition coefficient (Wildman–Crippen LogP) is 2.26. The van der Waals surface area contributed by atoms with Gasteiger partial charge in [0.05, 0.1) is 20.0 Å². The summed E-state index contributed by atoms with van der Waals surface area (Å²) in [6.45, 7) is 6.23. The van der Waals surface area contributed by atoms with Gasteiger partial charge in [0.25, 0.3) is 0 Å². The Morgan fingerprint density at radius 3 is 2.90 bits per heavy atom. The summed E-state index contributed by atoms with van der Waals surface area (Å²) in [4.78, 5) is 12.6. The number of ketones is 1. The molecule has 4 nitrogen and oxygen atoms in total. The molecule has 1 unspecified atom stereocenters. The summed E-state index contributed by atoms with van der Waals surface area (Å²) in [5, 5.41) is 0. The van der Waals surface area contributed by atoms with Crippen LogP contribution in [0.3, 0.4) is 0 Å². The average molecular weight is 283 g/mol. The van der Waals surface area contributed by atoms with E-state index < -0.39 is 35.4 Å². The van der Waals surface area contributed by atoms with Crippen molar-refractivity contribution in [1.29, 1.82) is 0 Å². The van der Waals surface area contributed by atoms with Crippen LogP contribution in [0.2, 0.25) is 0 Å². The van der Waals surface area contributed by atoms with Crippen LogP contribution in [0.25, 0.3) is 0 Å². The van der Waals surface area contributed by atoms with E-state index in [1.807, 2.05) is 20.8 Å². The molecule has 0 radical (unpaired) electrons. The largest absolute Gasteiger partial charge is 0.373 e. The van der Waals surface area contributed by atoms with Crippen LogP contribution < -0.4 is 0 Å². The lowest BCUT2D eigenvalue weighted by Gasteiger charge is -2.37. The van der Waals surface area contributed by atoms with Crippen molar-refractivity contribution in [2.24, 2.45) is 5.92 Å². The molecule has 1 spiro atoms. The molecule has 1 aliphatic carbocycles. The SMILES string of the molecule is [2H]C1([2H])C[C@]2(CO2)[C@@H](C2(C)O[C@@H]2CC=C(C)C)[C@]([2H])(OC)C1=O. The Labute approximate surface area is 124 Å². The van der Waals surface area contributed by atoms with Gasteiger partial charge in [-0.25, -0.2) is 0 Å². The Kier molecular flexibility index (Phi) is 2.54. The third-order valence-electron chi connectivity index (χ3n) is 4.59. The highest BCUT2D eigenvalue weighted by molar-refractivity contribution is 5.85. The number of carbonyl (C=O) groups excluding carboxylic acids is 1. The fourth-order valence-electron chi connectivity index (χ4n) is 3.29. The molecule has 0 aromatic rings. The molecule has 20 heavy (non-hydrogen) atoms. The molecule has 0 aromatic carbocycles. The smallest absolute Gasteiger partial charge is 0.162 e. The topological polar surface area (TPSA) is 51.4 Å². The molecule has 4 heteroatoms. The third kappa shape index (κ3) is 2.14. The van der Waals surface area contributed by atoms with Crippen molar-refractivity contribution in [3.63, 3.8) is 0 Å². The highest BCUT2D eigenvalue weighted by atomic mass is 16.6. The number of carbonyl (C=O) groups is 1. The maximum Gasteiger partial charge on any atom is 0.162 e. The maximum absolute atomic E-state index is 12.6. The number of rotatable bonds is 4. The molecule has 5 atom stereocenters. The maximum atomic E-state index is 12.6. The van der Waals surface area contributed by atoms with Crippen LogP contribution in [-0.2, 0) is 19.0 Å². The van der Waals surface area contributed by atoms with E-state index in [0.29, 0.717) is 13.0 Å². The van der Waals surface area contributed by atoms with Crippen molar-refractivity contribution < 1.29 is 23.1 Å². The Morgan fingerprint density at radius 1 is 1.65 bits per heavy atom. The van der Waals surface area contributed by atoms with Gasteiger partial charge in [-0.2, -0.15) is 0 Å². The van der Waals surface area contributed by atoms with Crippen LogP contribution >= 0.6 is 0 Å². The van der Waals surface area contributed by atoms with Gasteiger partial charge in [0.1, 0.15) is 17.3 Å². The summed E-state index contributed by atoms with van der Waals surface area (Å²) in [5.41, 5.74) is -0.379. The molecular weight excluding hydrogens is 256 g/mol. The predicted molar refractivity (Wildman–Crippen MR) is 74.5 cm³/mol. The molecule has 0 amide bonds. The number of allylic oxidation sites excluding steroid dienone is 1. The van der Waals surface area contributed by atoms with Gasteiger partial charge < -0.3 is 14.2 Å². The number of methoxy groups -OCH3 is 1. The first-order valence-electron chi connectivity index (χ1n) is 8.57. The first kappa shape index (κ1) is 10.9. The van der Waals surface area contributed by atoms with Crippen molar-refractivity contribution in [2.75, 3.05) is 13.7 Å². The second kappa shape index (κ2) is 4.65. The zero-order chi connectivity index (χ0) is 17.3. The van der Waals surface area contributed by atoms with Gasteiger partial charge in [-0.05, 0) is 33.6 Å². The molecule has 112 valence electrons. The molecule has 0 N–H and O–H groups in total. The molecule has 2 heterocycles. The van der Waals surface area contributed by atoms with Crippen LogP contribution in [-0.4, -0.2) is 42.9 Å². The van der Waals surface area contributed by atoms with E-state index in [0.717, 1.165) is 0 Å². The zero-order valence-electron chi connectivity index (χ0n) is 15.5. The van der Waals surface area contributed by atoms with E-state index in [1.54, 1.807) is 0 Å². The van der Waals surface area contributed by atoms with Crippen molar-refractivity contribution in [2.45, 2.75) is 63.4 Å². The fraction of sp³-hybridized carbons (Fsp3) is 0.812. The van der Waals surface area contributed by atoms with Gasteiger partial charge >= 0.3 is 0 Å². The van der Waals surface area contributed by atoms with Crippen LogP contribution in [0.1, 0.15) is 44.1 Å². The van der Waals surface area contributed by atoms with Crippen LogP contribution in [0, 0.1) is 5.92 Å². The first-order valence-corrected chi connectivity index (χ1v) is 7.07. The lowest BCUT2D eigenvalue weighted by Crippen LogP contribution is -2.52. The first-order chi connectivity index (χ1) is 10.5. The number of ether oxygens (including phenoxy) is 3. The summed E-state index contributed by atoms with van der Waals surface area (Å²) in [6, 6.07) is 0. The Morgan fingerprint density at radius 2 is 2.35 bits per heavy atom. The Hall–Kier alpha value is -0.710. The summed E-state index contributed by atoms with van der Waals surface area (Å²) >= 11 is 0. The van der Waals surface area contributed by atoms with Gasteiger partial charge in [-0.1, -0.05) is 11.6 Å². The van der Waals surface area contributed by atoms with Crippen molar-refractivity contribution in [3.05, 3.63) is 11.6 Å². The van der Waals surface area contributed by atoms with Crippen molar-refractivity contribution >= 4 is 5.78 Å². The summed E-state index contributed by atoms with van der Waals surface area (Å²) in [6.07, 6.45) is -1.50. The lowest BCUT2D eigenvalue weighted by molar-refractivity contribution is -0.142. The van der Waals surface area contributed by atoms with Gasteiger partial charge in [-0.15, -0.1) is 0 Å². The highest BCUT2D eigenvalue weighted by Gasteiger charge is 2.71. The zero-order valence-corrected chi connectivity index (χ0v) is 12.5. The van der Waals surface area contributed by atoms with E-state index in [4.69, 9.17) is 18.3 Å². The Bertz CT molecular complexity index is 568. The van der Waals surface area contributed by atoms with Crippen molar-refractivity contribution in [3.8, 4) is 0 Å².